The van der Waals surface area contributed by atoms with Crippen LogP contribution in [-0.2, 0) is 11.2 Å². The Morgan fingerprint density at radius 1 is 1.20 bits per heavy atom. The van der Waals surface area contributed by atoms with Gasteiger partial charge < -0.3 is 15.4 Å². The molecule has 0 amide bonds. The first-order valence-electron chi connectivity index (χ1n) is 7.34. The van der Waals surface area contributed by atoms with Crippen molar-refractivity contribution in [2.45, 2.75) is 46.6 Å². The summed E-state index contributed by atoms with van der Waals surface area (Å²) in [4.78, 5) is 9.20. The van der Waals surface area contributed by atoms with Gasteiger partial charge in [0, 0.05) is 26.1 Å². The molecule has 0 fully saturated rings. The molecule has 2 N–H and O–H groups in total. The van der Waals surface area contributed by atoms with Gasteiger partial charge in [-0.25, -0.2) is 9.97 Å². The van der Waals surface area contributed by atoms with Gasteiger partial charge in [0.05, 0.1) is 12.6 Å². The molecule has 20 heavy (non-hydrogen) atoms. The van der Waals surface area contributed by atoms with E-state index in [2.05, 4.69) is 41.4 Å². The van der Waals surface area contributed by atoms with Gasteiger partial charge in [-0.1, -0.05) is 20.8 Å². The molecule has 0 bridgehead atoms. The Bertz CT molecular complexity index is 421. The molecular weight excluding hydrogens is 252 g/mol. The van der Waals surface area contributed by atoms with Crippen LogP contribution in [0.5, 0.6) is 0 Å². The number of aryl methyl sites for hydroxylation is 1. The van der Waals surface area contributed by atoms with E-state index < -0.39 is 0 Å². The molecule has 0 saturated carbocycles. The molecule has 0 radical (unpaired) electrons. The predicted molar refractivity (Wildman–Crippen MR) is 84.4 cm³/mol. The zero-order chi connectivity index (χ0) is 15.1. The number of aromatic nitrogens is 2. The summed E-state index contributed by atoms with van der Waals surface area (Å²) in [5, 5.41) is 6.65. The monoisotopic (exact) mass is 280 g/mol. The Hall–Kier alpha value is -1.36. The molecule has 0 saturated heterocycles. The maximum atomic E-state index is 5.29. The molecule has 5 nitrogen and oxygen atoms in total. The topological polar surface area (TPSA) is 59.1 Å². The van der Waals surface area contributed by atoms with Gasteiger partial charge in [-0.3, -0.25) is 0 Å². The Balaban J connectivity index is 3.04. The lowest BCUT2D eigenvalue weighted by Crippen LogP contribution is -2.31. The maximum absolute atomic E-state index is 5.29. The van der Waals surface area contributed by atoms with E-state index >= 15 is 0 Å². The van der Waals surface area contributed by atoms with Crippen LogP contribution in [0.25, 0.3) is 0 Å². The predicted octanol–water partition coefficient (Wildman–Crippen LogP) is 2.86. The molecule has 1 rings (SSSR count). The van der Waals surface area contributed by atoms with Crippen LogP contribution in [-0.4, -0.2) is 36.8 Å². The number of anilines is 2. The van der Waals surface area contributed by atoms with Crippen molar-refractivity contribution in [3.8, 4) is 0 Å². The van der Waals surface area contributed by atoms with Crippen LogP contribution >= 0.6 is 0 Å². The minimum Gasteiger partial charge on any atom is -0.383 e. The highest BCUT2D eigenvalue weighted by molar-refractivity contribution is 5.57. The molecule has 5 heteroatoms. The highest BCUT2D eigenvalue weighted by atomic mass is 16.5. The smallest absolute Gasteiger partial charge is 0.135 e. The first-order chi connectivity index (χ1) is 9.53. The van der Waals surface area contributed by atoms with Crippen molar-refractivity contribution in [1.29, 1.82) is 0 Å². The van der Waals surface area contributed by atoms with Crippen molar-refractivity contribution in [2.75, 3.05) is 31.4 Å². The minimum atomic E-state index is 0.243. The van der Waals surface area contributed by atoms with Crippen molar-refractivity contribution in [3.63, 3.8) is 0 Å². The maximum Gasteiger partial charge on any atom is 0.135 e. The van der Waals surface area contributed by atoms with Crippen LogP contribution in [0, 0.1) is 12.8 Å². The zero-order valence-electron chi connectivity index (χ0n) is 13.6. The van der Waals surface area contributed by atoms with E-state index in [0.29, 0.717) is 12.5 Å². The first kappa shape index (κ1) is 16.7. The summed E-state index contributed by atoms with van der Waals surface area (Å²) in [6.45, 7) is 9.20. The number of nitrogens with one attached hydrogen (secondary N) is 2. The molecule has 0 aliphatic carbocycles. The van der Waals surface area contributed by atoms with E-state index in [-0.39, 0.29) is 6.04 Å². The fraction of sp³-hybridized carbons (Fsp3) is 0.733. The van der Waals surface area contributed by atoms with Crippen LogP contribution in [0.2, 0.25) is 0 Å². The lowest BCUT2D eigenvalue weighted by Gasteiger charge is -2.24. The highest BCUT2D eigenvalue weighted by Crippen LogP contribution is 2.22. The molecule has 0 aliphatic rings. The minimum absolute atomic E-state index is 0.243. The van der Waals surface area contributed by atoms with Crippen LogP contribution < -0.4 is 10.6 Å². The molecule has 1 atom stereocenters. The normalized spacial score (nSPS) is 12.6. The highest BCUT2D eigenvalue weighted by Gasteiger charge is 2.17. The SMILES string of the molecule is CCCc1nc(NC)c(C)c(NC(COC)C(C)C)n1. The second-order valence-electron chi connectivity index (χ2n) is 5.41. The summed E-state index contributed by atoms with van der Waals surface area (Å²) in [5.41, 5.74) is 1.05. The van der Waals surface area contributed by atoms with Gasteiger partial charge >= 0.3 is 0 Å². The Morgan fingerprint density at radius 2 is 1.85 bits per heavy atom. The Labute approximate surface area is 122 Å². The van der Waals surface area contributed by atoms with E-state index in [1.807, 2.05) is 14.0 Å². The summed E-state index contributed by atoms with van der Waals surface area (Å²) >= 11 is 0. The van der Waals surface area contributed by atoms with E-state index in [1.54, 1.807) is 7.11 Å². The number of hydrogen-bond acceptors (Lipinski definition) is 5. The van der Waals surface area contributed by atoms with E-state index in [1.165, 1.54) is 0 Å². The van der Waals surface area contributed by atoms with Crippen molar-refractivity contribution < 1.29 is 4.74 Å². The molecule has 1 aromatic rings. The number of rotatable bonds is 8. The summed E-state index contributed by atoms with van der Waals surface area (Å²) in [5.74, 6) is 3.15. The number of ether oxygens (including phenoxy) is 1. The van der Waals surface area contributed by atoms with Gasteiger partial charge in [-0.2, -0.15) is 0 Å². The number of hydrogen-bond donors (Lipinski definition) is 2. The lowest BCUT2D eigenvalue weighted by atomic mass is 10.1. The van der Waals surface area contributed by atoms with Crippen LogP contribution in [0.1, 0.15) is 38.6 Å². The van der Waals surface area contributed by atoms with Crippen molar-refractivity contribution in [1.82, 2.24) is 9.97 Å². The van der Waals surface area contributed by atoms with Crippen molar-refractivity contribution in [3.05, 3.63) is 11.4 Å². The average Bonchev–Trinajstić information content (AvgIpc) is 2.41. The quantitative estimate of drug-likeness (QED) is 0.767. The van der Waals surface area contributed by atoms with Crippen LogP contribution in [0.4, 0.5) is 11.6 Å². The third kappa shape index (κ3) is 4.34. The van der Waals surface area contributed by atoms with E-state index in [9.17, 15) is 0 Å². The van der Waals surface area contributed by atoms with E-state index in [0.717, 1.165) is 35.9 Å². The summed E-state index contributed by atoms with van der Waals surface area (Å²) in [6, 6.07) is 0.243. The lowest BCUT2D eigenvalue weighted by molar-refractivity contribution is 0.171. The number of methoxy groups -OCH3 is 1. The third-order valence-electron chi connectivity index (χ3n) is 3.38. The second-order valence-corrected chi connectivity index (χ2v) is 5.41. The van der Waals surface area contributed by atoms with Crippen LogP contribution in [0.15, 0.2) is 0 Å². The molecule has 114 valence electrons. The molecular formula is C15H28N4O. The molecule has 1 heterocycles. The number of nitrogens with zero attached hydrogens (tertiary/aromatic N) is 2. The summed E-state index contributed by atoms with van der Waals surface area (Å²) in [7, 11) is 3.62. The Morgan fingerprint density at radius 3 is 2.35 bits per heavy atom. The molecule has 0 aliphatic heterocycles. The second kappa shape index (κ2) is 8.04. The van der Waals surface area contributed by atoms with Crippen LogP contribution in [0.3, 0.4) is 0 Å². The zero-order valence-corrected chi connectivity index (χ0v) is 13.6. The first-order valence-corrected chi connectivity index (χ1v) is 7.34. The Kier molecular flexibility index (Phi) is 6.71. The fourth-order valence-electron chi connectivity index (χ4n) is 2.04. The largest absolute Gasteiger partial charge is 0.383 e. The molecule has 1 unspecified atom stereocenters. The van der Waals surface area contributed by atoms with Gasteiger partial charge in [0.1, 0.15) is 17.5 Å². The third-order valence-corrected chi connectivity index (χ3v) is 3.38. The van der Waals surface area contributed by atoms with Gasteiger partial charge in [0.25, 0.3) is 0 Å². The fourth-order valence-corrected chi connectivity index (χ4v) is 2.04. The summed E-state index contributed by atoms with van der Waals surface area (Å²) < 4.78 is 5.29. The van der Waals surface area contributed by atoms with Crippen molar-refractivity contribution in [2.24, 2.45) is 5.92 Å². The molecule has 0 aromatic carbocycles. The van der Waals surface area contributed by atoms with Gasteiger partial charge in [0.15, 0.2) is 0 Å². The van der Waals surface area contributed by atoms with Gasteiger partial charge in [-0.15, -0.1) is 0 Å². The van der Waals surface area contributed by atoms with E-state index in [4.69, 9.17) is 4.74 Å². The van der Waals surface area contributed by atoms with Crippen molar-refractivity contribution >= 4 is 11.6 Å². The van der Waals surface area contributed by atoms with Gasteiger partial charge in [0.2, 0.25) is 0 Å². The molecule has 0 spiro atoms. The summed E-state index contributed by atoms with van der Waals surface area (Å²) in [6.07, 6.45) is 1.93. The standard InChI is InChI=1S/C15H28N4O/c1-7-8-13-18-14(16-5)11(4)15(19-13)17-12(9-20-6)10(2)3/h10,12H,7-9H2,1-6H3,(H2,16,17,18,19). The molecule has 1 aromatic heterocycles. The average molecular weight is 280 g/mol. The van der Waals surface area contributed by atoms with Gasteiger partial charge in [-0.05, 0) is 19.3 Å².